The van der Waals surface area contributed by atoms with Gasteiger partial charge < -0.3 is 9.84 Å². The Kier molecular flexibility index (Phi) is 5.16. The average molecular weight is 374 g/mol. The molecule has 1 aromatic heterocycles. The molecule has 0 radical (unpaired) electrons. The minimum absolute atomic E-state index is 0.330. The second-order valence-electron chi connectivity index (χ2n) is 5.14. The van der Waals surface area contributed by atoms with E-state index < -0.39 is 0 Å². The van der Waals surface area contributed by atoms with Crippen LogP contribution in [0.5, 0.6) is 0 Å². The van der Waals surface area contributed by atoms with Crippen molar-refractivity contribution in [3.63, 3.8) is 0 Å². The summed E-state index contributed by atoms with van der Waals surface area (Å²) in [5.41, 5.74) is 1.82. The maximum Gasteiger partial charge on any atom is 0.248 e. The first-order valence-corrected chi connectivity index (χ1v) is 8.13. The molecule has 0 aliphatic rings. The van der Waals surface area contributed by atoms with Gasteiger partial charge in [0.1, 0.15) is 0 Å². The van der Waals surface area contributed by atoms with Crippen molar-refractivity contribution in [1.29, 1.82) is 0 Å². The van der Waals surface area contributed by atoms with Gasteiger partial charge in [-0.15, -0.1) is 0 Å². The minimum Gasteiger partial charge on any atom is -0.339 e. The van der Waals surface area contributed by atoms with Crippen molar-refractivity contribution in [1.82, 2.24) is 10.1 Å². The van der Waals surface area contributed by atoms with E-state index in [1.54, 1.807) is 49.4 Å². The Morgan fingerprint density at radius 2 is 1.84 bits per heavy atom. The number of carbonyl (C=O) groups excluding carboxylic acids is 1. The van der Waals surface area contributed by atoms with Crippen molar-refractivity contribution >= 4 is 40.9 Å². The van der Waals surface area contributed by atoms with Gasteiger partial charge in [-0.3, -0.25) is 4.79 Å². The standard InChI is InChI=1S/C18H13Cl2N3O2/c1-11-21-18(23-25-11)13-5-2-3-8-16(13)22-17(24)10-9-12-14(19)6-4-7-15(12)20/h2-10H,1H3,(H,22,24)/b10-9+. The number of benzene rings is 2. The predicted octanol–water partition coefficient (Wildman–Crippen LogP) is 5.00. The Bertz CT molecular complexity index is 931. The molecule has 0 atom stereocenters. The monoisotopic (exact) mass is 373 g/mol. The Balaban J connectivity index is 1.81. The SMILES string of the molecule is Cc1nc(-c2ccccc2NC(=O)/C=C/c2c(Cl)cccc2Cl)no1. The number of para-hydroxylation sites is 1. The summed E-state index contributed by atoms with van der Waals surface area (Å²) in [5, 5.41) is 7.62. The number of rotatable bonds is 4. The topological polar surface area (TPSA) is 68.0 Å². The van der Waals surface area contributed by atoms with Gasteiger partial charge in [-0.2, -0.15) is 4.98 Å². The molecule has 2 aromatic carbocycles. The number of aryl methyl sites for hydroxylation is 1. The molecule has 3 aromatic rings. The lowest BCUT2D eigenvalue weighted by Gasteiger charge is -2.06. The molecule has 0 spiro atoms. The first-order chi connectivity index (χ1) is 12.0. The number of aromatic nitrogens is 2. The summed E-state index contributed by atoms with van der Waals surface area (Å²) in [5.74, 6) is 0.527. The third kappa shape index (κ3) is 4.07. The molecule has 1 N–H and O–H groups in total. The summed E-state index contributed by atoms with van der Waals surface area (Å²) in [6.45, 7) is 1.70. The lowest BCUT2D eigenvalue weighted by atomic mass is 10.1. The number of carbonyl (C=O) groups is 1. The number of amides is 1. The highest BCUT2D eigenvalue weighted by atomic mass is 35.5. The van der Waals surface area contributed by atoms with E-state index in [2.05, 4.69) is 15.5 Å². The van der Waals surface area contributed by atoms with Crippen LogP contribution in [0, 0.1) is 6.92 Å². The van der Waals surface area contributed by atoms with Crippen molar-refractivity contribution in [3.8, 4) is 11.4 Å². The van der Waals surface area contributed by atoms with Crippen LogP contribution < -0.4 is 5.32 Å². The van der Waals surface area contributed by atoms with Gasteiger partial charge in [-0.1, -0.05) is 46.6 Å². The summed E-state index contributed by atoms with van der Waals surface area (Å²) in [6.07, 6.45) is 2.94. The molecular weight excluding hydrogens is 361 g/mol. The number of nitrogens with zero attached hydrogens (tertiary/aromatic N) is 2. The molecule has 0 saturated heterocycles. The number of anilines is 1. The number of nitrogens with one attached hydrogen (secondary N) is 1. The largest absolute Gasteiger partial charge is 0.339 e. The summed E-state index contributed by atoms with van der Waals surface area (Å²) in [4.78, 5) is 16.4. The van der Waals surface area contributed by atoms with Gasteiger partial charge in [0, 0.05) is 34.2 Å². The molecule has 0 unspecified atom stereocenters. The van der Waals surface area contributed by atoms with E-state index in [1.807, 2.05) is 6.07 Å². The fourth-order valence-corrected chi connectivity index (χ4v) is 2.72. The van der Waals surface area contributed by atoms with Crippen LogP contribution in [0.25, 0.3) is 17.5 Å². The Hall–Kier alpha value is -2.63. The fraction of sp³-hybridized carbons (Fsp3) is 0.0556. The summed E-state index contributed by atoms with van der Waals surface area (Å²) < 4.78 is 4.99. The van der Waals surface area contributed by atoms with E-state index in [-0.39, 0.29) is 5.91 Å². The van der Waals surface area contributed by atoms with Crippen molar-refractivity contribution < 1.29 is 9.32 Å². The molecule has 5 nitrogen and oxygen atoms in total. The van der Waals surface area contributed by atoms with Crippen LogP contribution in [0.3, 0.4) is 0 Å². The highest BCUT2D eigenvalue weighted by molar-refractivity contribution is 6.37. The minimum atomic E-state index is -0.330. The van der Waals surface area contributed by atoms with E-state index in [9.17, 15) is 4.79 Å². The molecule has 0 saturated carbocycles. The van der Waals surface area contributed by atoms with E-state index >= 15 is 0 Å². The zero-order valence-electron chi connectivity index (χ0n) is 13.2. The van der Waals surface area contributed by atoms with Crippen molar-refractivity contribution in [2.45, 2.75) is 6.92 Å². The maximum absolute atomic E-state index is 12.2. The van der Waals surface area contributed by atoms with Crippen LogP contribution in [0.4, 0.5) is 5.69 Å². The Morgan fingerprint density at radius 3 is 2.52 bits per heavy atom. The molecule has 0 bridgehead atoms. The Morgan fingerprint density at radius 1 is 1.12 bits per heavy atom. The van der Waals surface area contributed by atoms with Crippen molar-refractivity contribution in [2.24, 2.45) is 0 Å². The predicted molar refractivity (Wildman–Crippen MR) is 98.6 cm³/mol. The van der Waals surface area contributed by atoms with Gasteiger partial charge in [0.05, 0.1) is 5.69 Å². The highest BCUT2D eigenvalue weighted by Gasteiger charge is 2.12. The normalized spacial score (nSPS) is 11.0. The molecule has 3 rings (SSSR count). The van der Waals surface area contributed by atoms with Crippen LogP contribution in [0.2, 0.25) is 10.0 Å². The summed E-state index contributed by atoms with van der Waals surface area (Å²) in [6, 6.07) is 12.4. The fourth-order valence-electron chi connectivity index (χ4n) is 2.20. The molecule has 25 heavy (non-hydrogen) atoms. The molecular formula is C18H13Cl2N3O2. The smallest absolute Gasteiger partial charge is 0.248 e. The van der Waals surface area contributed by atoms with Gasteiger partial charge >= 0.3 is 0 Å². The first kappa shape index (κ1) is 17.2. The second-order valence-corrected chi connectivity index (χ2v) is 5.95. The van der Waals surface area contributed by atoms with Crippen molar-refractivity contribution in [2.75, 3.05) is 5.32 Å². The van der Waals surface area contributed by atoms with Crippen LogP contribution in [0.15, 0.2) is 53.1 Å². The maximum atomic E-state index is 12.2. The molecule has 1 heterocycles. The highest BCUT2D eigenvalue weighted by Crippen LogP contribution is 2.27. The molecule has 126 valence electrons. The molecule has 7 heteroatoms. The first-order valence-electron chi connectivity index (χ1n) is 7.37. The van der Waals surface area contributed by atoms with E-state index in [1.165, 1.54) is 6.08 Å². The quantitative estimate of drug-likeness (QED) is 0.653. The number of halogens is 2. The lowest BCUT2D eigenvalue weighted by Crippen LogP contribution is -2.09. The van der Waals surface area contributed by atoms with Gasteiger partial charge in [0.15, 0.2) is 0 Å². The zero-order chi connectivity index (χ0) is 17.8. The van der Waals surface area contributed by atoms with Gasteiger partial charge in [0.2, 0.25) is 17.6 Å². The molecule has 0 aliphatic carbocycles. The van der Waals surface area contributed by atoms with Crippen LogP contribution in [-0.2, 0) is 4.79 Å². The number of hydrogen-bond acceptors (Lipinski definition) is 4. The van der Waals surface area contributed by atoms with E-state index in [4.69, 9.17) is 27.7 Å². The second kappa shape index (κ2) is 7.51. The zero-order valence-corrected chi connectivity index (χ0v) is 14.7. The number of hydrogen-bond donors (Lipinski definition) is 1. The van der Waals surface area contributed by atoms with E-state index in [0.717, 1.165) is 0 Å². The summed E-state index contributed by atoms with van der Waals surface area (Å²) in [7, 11) is 0. The van der Waals surface area contributed by atoms with Crippen LogP contribution in [0.1, 0.15) is 11.5 Å². The summed E-state index contributed by atoms with van der Waals surface area (Å²) >= 11 is 12.2. The molecule has 0 fully saturated rings. The van der Waals surface area contributed by atoms with Crippen molar-refractivity contribution in [3.05, 3.63) is 70.0 Å². The van der Waals surface area contributed by atoms with Crippen LogP contribution in [-0.4, -0.2) is 16.0 Å². The van der Waals surface area contributed by atoms with Gasteiger partial charge in [-0.05, 0) is 30.3 Å². The van der Waals surface area contributed by atoms with Gasteiger partial charge in [0.25, 0.3) is 0 Å². The third-order valence-corrected chi connectivity index (χ3v) is 4.01. The van der Waals surface area contributed by atoms with E-state index in [0.29, 0.717) is 38.6 Å². The molecule has 1 amide bonds. The average Bonchev–Trinajstić information content (AvgIpc) is 3.01. The van der Waals surface area contributed by atoms with Gasteiger partial charge in [-0.25, -0.2) is 0 Å². The van der Waals surface area contributed by atoms with Crippen LogP contribution >= 0.6 is 23.2 Å². The lowest BCUT2D eigenvalue weighted by molar-refractivity contribution is -0.111. The Labute approximate surface area is 154 Å². The molecule has 0 aliphatic heterocycles. The third-order valence-electron chi connectivity index (χ3n) is 3.35.